The molecule has 24 heavy (non-hydrogen) atoms. The summed E-state index contributed by atoms with van der Waals surface area (Å²) in [6.07, 6.45) is 1.49. The van der Waals surface area contributed by atoms with E-state index in [1.165, 1.54) is 12.1 Å². The summed E-state index contributed by atoms with van der Waals surface area (Å²) in [4.78, 5) is 18.4. The molecule has 1 N–H and O–H groups in total. The van der Waals surface area contributed by atoms with Gasteiger partial charge in [-0.25, -0.2) is 4.39 Å². The lowest BCUT2D eigenvalue weighted by molar-refractivity contribution is -0.131. The standard InChI is InChI=1S/C18H19FN2O3/c1-24-16-6-5-14(20-10-16)8-18(23)21-11-15(22)9-17(21)12-3-2-4-13(19)7-12/h2-7,10,15,17,22H,8-9,11H2,1H3/t15-,17-/m1/s1. The SMILES string of the molecule is COc1ccc(CC(=O)N2C[C@H](O)C[C@@H]2c2cccc(F)c2)nc1. The molecule has 2 atom stereocenters. The van der Waals surface area contributed by atoms with E-state index in [1.54, 1.807) is 42.5 Å². The van der Waals surface area contributed by atoms with Gasteiger partial charge in [0.1, 0.15) is 11.6 Å². The molecule has 1 aliphatic heterocycles. The molecule has 6 heteroatoms. The Labute approximate surface area is 139 Å². The fourth-order valence-corrected chi connectivity index (χ4v) is 3.01. The Bertz CT molecular complexity index is 720. The quantitative estimate of drug-likeness (QED) is 0.933. The van der Waals surface area contributed by atoms with Crippen LogP contribution in [0.5, 0.6) is 5.75 Å². The number of likely N-dealkylation sites (tertiary alicyclic amines) is 1. The number of methoxy groups -OCH3 is 1. The van der Waals surface area contributed by atoms with Gasteiger partial charge in [-0.2, -0.15) is 0 Å². The Morgan fingerprint density at radius 3 is 2.92 bits per heavy atom. The summed E-state index contributed by atoms with van der Waals surface area (Å²) >= 11 is 0. The molecule has 1 fully saturated rings. The number of carbonyl (C=O) groups is 1. The third kappa shape index (κ3) is 3.54. The third-order valence-corrected chi connectivity index (χ3v) is 4.20. The Hall–Kier alpha value is -2.47. The van der Waals surface area contributed by atoms with Gasteiger partial charge in [0.05, 0.1) is 31.9 Å². The highest BCUT2D eigenvalue weighted by Gasteiger charge is 2.35. The molecule has 1 aromatic carbocycles. The number of β-amino-alcohol motifs (C(OH)–C–C–N with tert-alkyl or cyclic N) is 1. The van der Waals surface area contributed by atoms with Crippen LogP contribution in [0.4, 0.5) is 4.39 Å². The maximum atomic E-state index is 13.5. The second kappa shape index (κ2) is 6.97. The molecule has 0 unspecified atom stereocenters. The van der Waals surface area contributed by atoms with Crippen molar-refractivity contribution < 1.29 is 19.0 Å². The number of nitrogens with zero attached hydrogens (tertiary/aromatic N) is 2. The molecule has 2 aromatic rings. The van der Waals surface area contributed by atoms with E-state index < -0.39 is 6.10 Å². The number of hydrogen-bond donors (Lipinski definition) is 1. The van der Waals surface area contributed by atoms with Crippen molar-refractivity contribution in [3.63, 3.8) is 0 Å². The van der Waals surface area contributed by atoms with Crippen LogP contribution >= 0.6 is 0 Å². The normalized spacial score (nSPS) is 20.2. The van der Waals surface area contributed by atoms with E-state index in [0.717, 1.165) is 0 Å². The molecule has 1 aliphatic rings. The van der Waals surface area contributed by atoms with E-state index in [4.69, 9.17) is 4.74 Å². The van der Waals surface area contributed by atoms with Gasteiger partial charge in [-0.05, 0) is 36.2 Å². The maximum absolute atomic E-state index is 13.5. The molecule has 1 aromatic heterocycles. The molecule has 1 amide bonds. The second-order valence-electron chi connectivity index (χ2n) is 5.87. The number of aliphatic hydroxyl groups excluding tert-OH is 1. The molecule has 0 saturated carbocycles. The first kappa shape index (κ1) is 16.4. The van der Waals surface area contributed by atoms with E-state index in [2.05, 4.69) is 4.98 Å². The van der Waals surface area contributed by atoms with Crippen LogP contribution < -0.4 is 4.74 Å². The lowest BCUT2D eigenvalue weighted by Gasteiger charge is -2.24. The third-order valence-electron chi connectivity index (χ3n) is 4.20. The molecular weight excluding hydrogens is 311 g/mol. The number of carbonyl (C=O) groups excluding carboxylic acids is 1. The first-order valence-electron chi connectivity index (χ1n) is 7.78. The van der Waals surface area contributed by atoms with Gasteiger partial charge in [-0.15, -0.1) is 0 Å². The zero-order valence-corrected chi connectivity index (χ0v) is 13.4. The number of aromatic nitrogens is 1. The predicted molar refractivity (Wildman–Crippen MR) is 86.0 cm³/mol. The minimum absolute atomic E-state index is 0.128. The summed E-state index contributed by atoms with van der Waals surface area (Å²) in [6.45, 7) is 0.246. The molecule has 5 nitrogen and oxygen atoms in total. The molecule has 0 radical (unpaired) electrons. The monoisotopic (exact) mass is 330 g/mol. The number of amides is 1. The van der Waals surface area contributed by atoms with Crippen LogP contribution in [0.15, 0.2) is 42.6 Å². The van der Waals surface area contributed by atoms with E-state index in [-0.39, 0.29) is 30.7 Å². The Morgan fingerprint density at radius 1 is 1.42 bits per heavy atom. The fraction of sp³-hybridized carbons (Fsp3) is 0.333. The minimum Gasteiger partial charge on any atom is -0.495 e. The smallest absolute Gasteiger partial charge is 0.229 e. The van der Waals surface area contributed by atoms with Crippen molar-refractivity contribution in [3.8, 4) is 5.75 Å². The summed E-state index contributed by atoms with van der Waals surface area (Å²) in [5, 5.41) is 9.96. The molecule has 1 saturated heterocycles. The summed E-state index contributed by atoms with van der Waals surface area (Å²) in [5.74, 6) is 0.136. The predicted octanol–water partition coefficient (Wildman–Crippen LogP) is 2.11. The van der Waals surface area contributed by atoms with E-state index in [9.17, 15) is 14.3 Å². The van der Waals surface area contributed by atoms with Crippen molar-refractivity contribution in [2.45, 2.75) is 25.0 Å². The Balaban J connectivity index is 1.76. The van der Waals surface area contributed by atoms with Crippen LogP contribution in [-0.4, -0.2) is 40.7 Å². The number of pyridine rings is 1. The van der Waals surface area contributed by atoms with Gasteiger partial charge in [0.25, 0.3) is 0 Å². The van der Waals surface area contributed by atoms with Gasteiger partial charge in [0.2, 0.25) is 5.91 Å². The topological polar surface area (TPSA) is 62.7 Å². The maximum Gasteiger partial charge on any atom is 0.229 e. The molecule has 0 spiro atoms. The lowest BCUT2D eigenvalue weighted by atomic mass is 10.0. The molecule has 3 rings (SSSR count). The highest BCUT2D eigenvalue weighted by Crippen LogP contribution is 2.33. The van der Waals surface area contributed by atoms with Crippen molar-refractivity contribution in [3.05, 3.63) is 59.7 Å². The van der Waals surface area contributed by atoms with Crippen LogP contribution in [0.3, 0.4) is 0 Å². The summed E-state index contributed by atoms with van der Waals surface area (Å²) < 4.78 is 18.5. The highest BCUT2D eigenvalue weighted by molar-refractivity contribution is 5.79. The van der Waals surface area contributed by atoms with Gasteiger partial charge < -0.3 is 14.7 Å². The number of rotatable bonds is 4. The highest BCUT2D eigenvalue weighted by atomic mass is 19.1. The van der Waals surface area contributed by atoms with Gasteiger partial charge in [-0.3, -0.25) is 9.78 Å². The van der Waals surface area contributed by atoms with Gasteiger partial charge in [-0.1, -0.05) is 12.1 Å². The first-order valence-corrected chi connectivity index (χ1v) is 7.78. The molecule has 0 aliphatic carbocycles. The number of ether oxygens (including phenoxy) is 1. The molecule has 2 heterocycles. The average molecular weight is 330 g/mol. The number of aliphatic hydroxyl groups is 1. The van der Waals surface area contributed by atoms with Gasteiger partial charge in [0, 0.05) is 12.2 Å². The van der Waals surface area contributed by atoms with Crippen molar-refractivity contribution in [1.29, 1.82) is 0 Å². The molecular formula is C18H19FN2O3. The van der Waals surface area contributed by atoms with Crippen LogP contribution in [0.2, 0.25) is 0 Å². The number of halogens is 1. The van der Waals surface area contributed by atoms with Gasteiger partial charge >= 0.3 is 0 Å². The second-order valence-corrected chi connectivity index (χ2v) is 5.87. The minimum atomic E-state index is -0.606. The summed E-state index contributed by atoms with van der Waals surface area (Å²) in [5.41, 5.74) is 1.32. The van der Waals surface area contributed by atoms with Crippen LogP contribution in [0, 0.1) is 5.82 Å². The number of benzene rings is 1. The first-order chi connectivity index (χ1) is 11.6. The molecule has 0 bridgehead atoms. The largest absolute Gasteiger partial charge is 0.495 e. The van der Waals surface area contributed by atoms with Crippen LogP contribution in [0.1, 0.15) is 23.7 Å². The lowest BCUT2D eigenvalue weighted by Crippen LogP contribution is -2.33. The van der Waals surface area contributed by atoms with Crippen LogP contribution in [-0.2, 0) is 11.2 Å². The van der Waals surface area contributed by atoms with Crippen molar-refractivity contribution >= 4 is 5.91 Å². The average Bonchev–Trinajstić information content (AvgIpc) is 2.98. The number of hydrogen-bond acceptors (Lipinski definition) is 4. The Kier molecular flexibility index (Phi) is 4.76. The summed E-state index contributed by atoms with van der Waals surface area (Å²) in [7, 11) is 1.55. The van der Waals surface area contributed by atoms with Crippen LogP contribution in [0.25, 0.3) is 0 Å². The fourth-order valence-electron chi connectivity index (χ4n) is 3.01. The van der Waals surface area contributed by atoms with Crippen molar-refractivity contribution in [2.75, 3.05) is 13.7 Å². The zero-order valence-electron chi connectivity index (χ0n) is 13.4. The molecule has 126 valence electrons. The van der Waals surface area contributed by atoms with E-state index >= 15 is 0 Å². The summed E-state index contributed by atoms with van der Waals surface area (Å²) in [6, 6.07) is 9.33. The Morgan fingerprint density at radius 2 is 2.25 bits per heavy atom. The van der Waals surface area contributed by atoms with Gasteiger partial charge in [0.15, 0.2) is 0 Å². The van der Waals surface area contributed by atoms with Crippen molar-refractivity contribution in [2.24, 2.45) is 0 Å². The van der Waals surface area contributed by atoms with E-state index in [1.807, 2.05) is 0 Å². The zero-order chi connectivity index (χ0) is 17.1. The van der Waals surface area contributed by atoms with E-state index in [0.29, 0.717) is 23.4 Å². The van der Waals surface area contributed by atoms with Crippen molar-refractivity contribution in [1.82, 2.24) is 9.88 Å².